The predicted molar refractivity (Wildman–Crippen MR) is 81.2 cm³/mol. The molecule has 0 aliphatic heterocycles. The summed E-state index contributed by atoms with van der Waals surface area (Å²) in [6.07, 6.45) is 1.68. The van der Waals surface area contributed by atoms with E-state index in [-0.39, 0.29) is 24.9 Å². The van der Waals surface area contributed by atoms with Crippen LogP contribution in [0.5, 0.6) is 0 Å². The first-order chi connectivity index (χ1) is 10.5. The standard InChI is InChI=1S/C16H17ClN2O3/c1-19(10-2-9-18)14(20)11-22-15(21)16(7-8-16)12-3-5-13(17)6-4-12/h3-6H,2,7-8,10-11H2,1H3. The first-order valence-electron chi connectivity index (χ1n) is 7.04. The average Bonchev–Trinajstić information content (AvgIpc) is 3.32. The molecule has 0 heterocycles. The van der Waals surface area contributed by atoms with E-state index in [9.17, 15) is 9.59 Å². The van der Waals surface area contributed by atoms with Gasteiger partial charge in [-0.25, -0.2) is 0 Å². The largest absolute Gasteiger partial charge is 0.455 e. The van der Waals surface area contributed by atoms with Crippen molar-refractivity contribution in [1.29, 1.82) is 5.26 Å². The third-order valence-electron chi connectivity index (χ3n) is 3.85. The van der Waals surface area contributed by atoms with Gasteiger partial charge >= 0.3 is 5.97 Å². The van der Waals surface area contributed by atoms with Gasteiger partial charge in [0.1, 0.15) is 0 Å². The SMILES string of the molecule is CN(CCC#N)C(=O)COC(=O)C1(c2ccc(Cl)cc2)CC1. The summed E-state index contributed by atoms with van der Waals surface area (Å²) < 4.78 is 5.17. The summed E-state index contributed by atoms with van der Waals surface area (Å²) in [7, 11) is 1.58. The molecule has 1 aromatic carbocycles. The molecule has 0 spiro atoms. The van der Waals surface area contributed by atoms with Crippen LogP contribution in [0, 0.1) is 11.3 Å². The Morgan fingerprint density at radius 2 is 2.00 bits per heavy atom. The molecule has 0 aromatic heterocycles. The summed E-state index contributed by atoms with van der Waals surface area (Å²) in [4.78, 5) is 25.5. The number of carbonyl (C=O) groups is 2. The highest BCUT2D eigenvalue weighted by atomic mass is 35.5. The van der Waals surface area contributed by atoms with Gasteiger partial charge in [-0.15, -0.1) is 0 Å². The first kappa shape index (κ1) is 16.3. The molecule has 0 radical (unpaired) electrons. The van der Waals surface area contributed by atoms with Crippen LogP contribution in [0.25, 0.3) is 0 Å². The second kappa shape index (κ2) is 6.80. The smallest absolute Gasteiger partial charge is 0.317 e. The molecule has 0 bridgehead atoms. The lowest BCUT2D eigenvalue weighted by molar-refractivity contribution is -0.153. The molecule has 1 aliphatic rings. The Labute approximate surface area is 134 Å². The monoisotopic (exact) mass is 320 g/mol. The van der Waals surface area contributed by atoms with E-state index in [1.54, 1.807) is 19.2 Å². The maximum atomic E-state index is 12.3. The van der Waals surface area contributed by atoms with E-state index in [4.69, 9.17) is 21.6 Å². The normalized spacial score (nSPS) is 14.8. The van der Waals surface area contributed by atoms with Gasteiger partial charge in [-0.05, 0) is 30.5 Å². The van der Waals surface area contributed by atoms with E-state index < -0.39 is 5.41 Å². The van der Waals surface area contributed by atoms with Crippen molar-refractivity contribution >= 4 is 23.5 Å². The van der Waals surface area contributed by atoms with E-state index in [1.807, 2.05) is 18.2 Å². The van der Waals surface area contributed by atoms with Crippen molar-refractivity contribution in [3.63, 3.8) is 0 Å². The van der Waals surface area contributed by atoms with Crippen LogP contribution in [0.4, 0.5) is 0 Å². The van der Waals surface area contributed by atoms with Crippen molar-refractivity contribution < 1.29 is 14.3 Å². The van der Waals surface area contributed by atoms with Crippen LogP contribution in [0.3, 0.4) is 0 Å². The zero-order valence-electron chi connectivity index (χ0n) is 12.3. The molecule has 1 amide bonds. The number of halogens is 1. The number of benzene rings is 1. The number of rotatable bonds is 6. The van der Waals surface area contributed by atoms with Gasteiger partial charge in [-0.1, -0.05) is 23.7 Å². The fraction of sp³-hybridized carbons (Fsp3) is 0.438. The lowest BCUT2D eigenvalue weighted by Crippen LogP contribution is -2.34. The molecular weight excluding hydrogens is 304 g/mol. The van der Waals surface area contributed by atoms with E-state index in [1.165, 1.54) is 4.90 Å². The summed E-state index contributed by atoms with van der Waals surface area (Å²) in [5, 5.41) is 9.11. The number of nitrogens with zero attached hydrogens (tertiary/aromatic N) is 2. The van der Waals surface area contributed by atoms with Crippen LogP contribution >= 0.6 is 11.6 Å². The molecule has 116 valence electrons. The van der Waals surface area contributed by atoms with Gasteiger partial charge in [0.15, 0.2) is 6.61 Å². The fourth-order valence-electron chi connectivity index (χ4n) is 2.22. The van der Waals surface area contributed by atoms with E-state index in [0.717, 1.165) is 5.56 Å². The Kier molecular flexibility index (Phi) is 5.04. The molecule has 1 saturated carbocycles. The molecular formula is C16H17ClN2O3. The maximum Gasteiger partial charge on any atom is 0.317 e. The van der Waals surface area contributed by atoms with Crippen LogP contribution in [0.2, 0.25) is 5.02 Å². The Hall–Kier alpha value is -2.06. The van der Waals surface area contributed by atoms with Crippen molar-refractivity contribution in [3.05, 3.63) is 34.9 Å². The highest BCUT2D eigenvalue weighted by Gasteiger charge is 2.52. The van der Waals surface area contributed by atoms with Crippen molar-refractivity contribution in [2.45, 2.75) is 24.7 Å². The number of hydrogen-bond acceptors (Lipinski definition) is 4. The van der Waals surface area contributed by atoms with Gasteiger partial charge in [0, 0.05) is 18.6 Å². The summed E-state index contributed by atoms with van der Waals surface area (Å²) in [5.74, 6) is -0.688. The van der Waals surface area contributed by atoms with Gasteiger partial charge in [0.2, 0.25) is 0 Å². The third kappa shape index (κ3) is 3.58. The maximum absolute atomic E-state index is 12.3. The third-order valence-corrected chi connectivity index (χ3v) is 4.10. The number of nitriles is 1. The second-order valence-electron chi connectivity index (χ2n) is 5.39. The zero-order valence-corrected chi connectivity index (χ0v) is 13.1. The Morgan fingerprint density at radius 3 is 2.55 bits per heavy atom. The van der Waals surface area contributed by atoms with Gasteiger partial charge < -0.3 is 9.64 Å². The molecule has 6 heteroatoms. The van der Waals surface area contributed by atoms with E-state index in [0.29, 0.717) is 24.4 Å². The van der Waals surface area contributed by atoms with Crippen molar-refractivity contribution in [2.24, 2.45) is 0 Å². The highest BCUT2D eigenvalue weighted by Crippen LogP contribution is 2.49. The molecule has 1 fully saturated rings. The second-order valence-corrected chi connectivity index (χ2v) is 5.82. The van der Waals surface area contributed by atoms with Crippen LogP contribution < -0.4 is 0 Å². The van der Waals surface area contributed by atoms with Crippen LogP contribution in [-0.4, -0.2) is 37.0 Å². The summed E-state index contributed by atoms with van der Waals surface area (Å²) >= 11 is 5.85. The molecule has 2 rings (SSSR count). The fourth-order valence-corrected chi connectivity index (χ4v) is 2.35. The zero-order chi connectivity index (χ0) is 16.2. The van der Waals surface area contributed by atoms with E-state index >= 15 is 0 Å². The minimum atomic E-state index is -0.629. The molecule has 22 heavy (non-hydrogen) atoms. The molecule has 5 nitrogen and oxygen atoms in total. The number of carbonyl (C=O) groups excluding carboxylic acids is 2. The minimum absolute atomic E-state index is 0.255. The number of hydrogen-bond donors (Lipinski definition) is 0. The van der Waals surface area contributed by atoms with Gasteiger partial charge in [0.05, 0.1) is 17.9 Å². The highest BCUT2D eigenvalue weighted by molar-refractivity contribution is 6.30. The average molecular weight is 321 g/mol. The molecule has 0 saturated heterocycles. The quantitative estimate of drug-likeness (QED) is 0.754. The lowest BCUT2D eigenvalue weighted by Gasteiger charge is -2.18. The summed E-state index contributed by atoms with van der Waals surface area (Å²) in [5.41, 5.74) is 0.239. The summed E-state index contributed by atoms with van der Waals surface area (Å²) in [6.45, 7) is 0.0330. The number of ether oxygens (including phenoxy) is 1. The first-order valence-corrected chi connectivity index (χ1v) is 7.41. The predicted octanol–water partition coefficient (Wildman–Crippen LogP) is 2.29. The van der Waals surface area contributed by atoms with Crippen molar-refractivity contribution in [2.75, 3.05) is 20.2 Å². The number of likely N-dealkylation sites (N-methyl/N-ethyl adjacent to an activating group) is 1. The lowest BCUT2D eigenvalue weighted by atomic mass is 9.96. The molecule has 0 atom stereocenters. The Balaban J connectivity index is 1.91. The van der Waals surface area contributed by atoms with Gasteiger partial charge in [-0.3, -0.25) is 9.59 Å². The van der Waals surface area contributed by atoms with Gasteiger partial charge in [-0.2, -0.15) is 5.26 Å². The van der Waals surface area contributed by atoms with Gasteiger partial charge in [0.25, 0.3) is 5.91 Å². The number of amides is 1. The molecule has 0 N–H and O–H groups in total. The van der Waals surface area contributed by atoms with E-state index in [2.05, 4.69) is 0 Å². The summed E-state index contributed by atoms with van der Waals surface area (Å²) in [6, 6.07) is 9.08. The molecule has 0 unspecified atom stereocenters. The van der Waals surface area contributed by atoms with Crippen LogP contribution in [0.1, 0.15) is 24.8 Å². The Morgan fingerprint density at radius 1 is 1.36 bits per heavy atom. The molecule has 1 aromatic rings. The Bertz CT molecular complexity index is 603. The topological polar surface area (TPSA) is 70.4 Å². The van der Waals surface area contributed by atoms with Crippen LogP contribution in [0.15, 0.2) is 24.3 Å². The molecule has 1 aliphatic carbocycles. The van der Waals surface area contributed by atoms with Crippen molar-refractivity contribution in [1.82, 2.24) is 4.90 Å². The van der Waals surface area contributed by atoms with Crippen LogP contribution in [-0.2, 0) is 19.7 Å². The minimum Gasteiger partial charge on any atom is -0.455 e. The number of esters is 1. The van der Waals surface area contributed by atoms with Crippen molar-refractivity contribution in [3.8, 4) is 6.07 Å².